The number of fused-ring (bicyclic) bond motifs is 1. The maximum Gasteiger partial charge on any atom is 0.257 e. The van der Waals surface area contributed by atoms with E-state index in [9.17, 15) is 9.59 Å². The first-order valence-electron chi connectivity index (χ1n) is 8.89. The van der Waals surface area contributed by atoms with Gasteiger partial charge in [0.2, 0.25) is 5.91 Å². The molecule has 0 saturated carbocycles. The lowest BCUT2D eigenvalue weighted by atomic mass is 10.1. The molecule has 4 rings (SSSR count). The summed E-state index contributed by atoms with van der Waals surface area (Å²) in [6.45, 7) is 0. The van der Waals surface area contributed by atoms with Crippen molar-refractivity contribution in [2.24, 2.45) is 0 Å². The molecule has 3 heterocycles. The van der Waals surface area contributed by atoms with Gasteiger partial charge in [-0.15, -0.1) is 0 Å². The Labute approximate surface area is 176 Å². The Morgan fingerprint density at radius 3 is 2.80 bits per heavy atom. The fourth-order valence-corrected chi connectivity index (χ4v) is 2.93. The molecule has 0 aliphatic rings. The molecule has 0 fully saturated rings. The number of H-pyrrole nitrogens is 1. The Hall–Kier alpha value is -4.04. The van der Waals surface area contributed by atoms with Crippen LogP contribution in [0.3, 0.4) is 0 Å². The summed E-state index contributed by atoms with van der Waals surface area (Å²) < 4.78 is 0. The normalized spacial score (nSPS) is 11.0. The molecule has 0 unspecified atom stereocenters. The Bertz CT molecular complexity index is 1250. The van der Waals surface area contributed by atoms with Gasteiger partial charge in [-0.25, -0.2) is 4.98 Å². The molecule has 0 spiro atoms. The van der Waals surface area contributed by atoms with Crippen LogP contribution >= 0.6 is 11.6 Å². The molecule has 30 heavy (non-hydrogen) atoms. The van der Waals surface area contributed by atoms with Gasteiger partial charge < -0.3 is 15.6 Å². The van der Waals surface area contributed by atoms with Gasteiger partial charge in [0.05, 0.1) is 28.2 Å². The van der Waals surface area contributed by atoms with Crippen LogP contribution in [0.2, 0.25) is 5.02 Å². The first kappa shape index (κ1) is 19.3. The third-order valence-corrected chi connectivity index (χ3v) is 4.46. The Balaban J connectivity index is 1.47. The summed E-state index contributed by atoms with van der Waals surface area (Å²) in [6.07, 6.45) is 7.73. The minimum absolute atomic E-state index is 0.224. The van der Waals surface area contributed by atoms with Crippen molar-refractivity contribution in [1.29, 1.82) is 0 Å². The van der Waals surface area contributed by atoms with Crippen LogP contribution in [0.4, 0.5) is 11.4 Å². The van der Waals surface area contributed by atoms with E-state index in [1.165, 1.54) is 18.2 Å². The predicted octanol–water partition coefficient (Wildman–Crippen LogP) is 3.91. The second-order valence-electron chi connectivity index (χ2n) is 6.26. The summed E-state index contributed by atoms with van der Waals surface area (Å²) >= 11 is 6.19. The molecule has 8 nitrogen and oxygen atoms in total. The van der Waals surface area contributed by atoms with Crippen LogP contribution in [0.25, 0.3) is 17.1 Å². The van der Waals surface area contributed by atoms with Crippen molar-refractivity contribution in [2.45, 2.75) is 0 Å². The van der Waals surface area contributed by atoms with Crippen LogP contribution in [0, 0.1) is 0 Å². The molecule has 0 atom stereocenters. The van der Waals surface area contributed by atoms with Crippen molar-refractivity contribution in [1.82, 2.24) is 20.2 Å². The number of nitrogens with one attached hydrogen (secondary N) is 3. The summed E-state index contributed by atoms with van der Waals surface area (Å²) in [6, 6.07) is 11.8. The molecule has 3 aromatic heterocycles. The second-order valence-corrected chi connectivity index (χ2v) is 6.67. The van der Waals surface area contributed by atoms with E-state index in [1.807, 2.05) is 6.07 Å². The monoisotopic (exact) mass is 418 g/mol. The van der Waals surface area contributed by atoms with Gasteiger partial charge in [-0.1, -0.05) is 11.6 Å². The lowest BCUT2D eigenvalue weighted by molar-refractivity contribution is -0.111. The van der Waals surface area contributed by atoms with Crippen LogP contribution in [0.1, 0.15) is 16.1 Å². The highest BCUT2D eigenvalue weighted by Crippen LogP contribution is 2.23. The molecule has 0 aliphatic carbocycles. The maximum atomic E-state index is 12.7. The fourth-order valence-electron chi connectivity index (χ4n) is 2.73. The van der Waals surface area contributed by atoms with Gasteiger partial charge in [-0.2, -0.15) is 10.2 Å². The van der Waals surface area contributed by atoms with E-state index in [4.69, 9.17) is 11.6 Å². The lowest BCUT2D eigenvalue weighted by Crippen LogP contribution is -2.14. The standard InChI is InChI=1S/C21H15ClN6O2/c22-18-5-3-15(26-19(29)6-4-14-2-1-8-25-28-14)11-17(18)21(30)27-16-10-13-7-9-23-20(13)24-12-16/h1-12H,(H,23,24)(H,26,29)(H,27,30)/b6-4+. The van der Waals surface area contributed by atoms with Gasteiger partial charge in [0.1, 0.15) is 5.65 Å². The summed E-state index contributed by atoms with van der Waals surface area (Å²) in [4.78, 5) is 32.1. The van der Waals surface area contributed by atoms with E-state index in [1.54, 1.807) is 48.9 Å². The Morgan fingerprint density at radius 1 is 1.07 bits per heavy atom. The van der Waals surface area contributed by atoms with E-state index >= 15 is 0 Å². The zero-order valence-electron chi connectivity index (χ0n) is 15.5. The van der Waals surface area contributed by atoms with Gasteiger partial charge in [-0.05, 0) is 48.5 Å². The van der Waals surface area contributed by atoms with Crippen molar-refractivity contribution >= 4 is 51.9 Å². The van der Waals surface area contributed by atoms with Crippen LogP contribution in [-0.4, -0.2) is 32.0 Å². The Kier molecular flexibility index (Phi) is 5.49. The highest BCUT2D eigenvalue weighted by Gasteiger charge is 2.13. The van der Waals surface area contributed by atoms with Crippen LogP contribution in [0.5, 0.6) is 0 Å². The first-order chi connectivity index (χ1) is 14.6. The number of hydrogen-bond donors (Lipinski definition) is 3. The lowest BCUT2D eigenvalue weighted by Gasteiger charge is -2.09. The van der Waals surface area contributed by atoms with E-state index in [0.717, 1.165) is 11.0 Å². The third-order valence-electron chi connectivity index (χ3n) is 4.13. The molecule has 9 heteroatoms. The highest BCUT2D eigenvalue weighted by molar-refractivity contribution is 6.34. The number of aromatic amines is 1. The molecule has 3 N–H and O–H groups in total. The maximum absolute atomic E-state index is 12.7. The summed E-state index contributed by atoms with van der Waals surface area (Å²) in [7, 11) is 0. The van der Waals surface area contributed by atoms with Gasteiger partial charge >= 0.3 is 0 Å². The highest BCUT2D eigenvalue weighted by atomic mass is 35.5. The fraction of sp³-hybridized carbons (Fsp3) is 0. The molecule has 0 aliphatic heterocycles. The largest absolute Gasteiger partial charge is 0.346 e. The van der Waals surface area contributed by atoms with Crippen molar-refractivity contribution < 1.29 is 9.59 Å². The number of carbonyl (C=O) groups excluding carboxylic acids is 2. The van der Waals surface area contributed by atoms with Gasteiger partial charge in [0.25, 0.3) is 5.91 Å². The number of rotatable bonds is 5. The van der Waals surface area contributed by atoms with Crippen LogP contribution < -0.4 is 10.6 Å². The van der Waals surface area contributed by atoms with E-state index in [-0.39, 0.29) is 16.5 Å². The van der Waals surface area contributed by atoms with Crippen LogP contribution in [-0.2, 0) is 4.79 Å². The first-order valence-corrected chi connectivity index (χ1v) is 9.27. The second kappa shape index (κ2) is 8.54. The molecule has 4 aromatic rings. The van der Waals surface area contributed by atoms with Crippen LogP contribution in [0.15, 0.2) is 67.1 Å². The average Bonchev–Trinajstić information content (AvgIpc) is 3.22. The van der Waals surface area contributed by atoms with Gasteiger partial charge in [0, 0.05) is 29.5 Å². The van der Waals surface area contributed by atoms with Crippen molar-refractivity contribution in [2.75, 3.05) is 10.6 Å². The molecule has 148 valence electrons. The molecule has 2 amide bonds. The number of amides is 2. The summed E-state index contributed by atoms with van der Waals surface area (Å²) in [5, 5.41) is 14.2. The number of hydrogen-bond acceptors (Lipinski definition) is 5. The van der Waals surface area contributed by atoms with E-state index in [2.05, 4.69) is 30.8 Å². The minimum atomic E-state index is -0.414. The van der Waals surface area contributed by atoms with E-state index in [0.29, 0.717) is 17.1 Å². The smallest absolute Gasteiger partial charge is 0.257 e. The number of halogens is 1. The quantitative estimate of drug-likeness (QED) is 0.425. The molecular formula is C21H15ClN6O2. The predicted molar refractivity (Wildman–Crippen MR) is 115 cm³/mol. The molecule has 0 saturated heterocycles. The van der Waals surface area contributed by atoms with Crippen molar-refractivity contribution in [3.63, 3.8) is 0 Å². The zero-order chi connectivity index (χ0) is 20.9. The molecular weight excluding hydrogens is 404 g/mol. The van der Waals surface area contributed by atoms with E-state index < -0.39 is 5.91 Å². The number of nitrogens with zero attached hydrogens (tertiary/aromatic N) is 3. The Morgan fingerprint density at radius 2 is 1.97 bits per heavy atom. The molecule has 1 aromatic carbocycles. The number of pyridine rings is 1. The number of anilines is 2. The van der Waals surface area contributed by atoms with Gasteiger partial charge in [0.15, 0.2) is 0 Å². The summed E-state index contributed by atoms with van der Waals surface area (Å²) in [5.74, 6) is -0.792. The minimum Gasteiger partial charge on any atom is -0.346 e. The van der Waals surface area contributed by atoms with Crippen molar-refractivity contribution in [3.8, 4) is 0 Å². The van der Waals surface area contributed by atoms with Gasteiger partial charge in [-0.3, -0.25) is 9.59 Å². The third kappa shape index (κ3) is 4.50. The number of carbonyl (C=O) groups is 2. The van der Waals surface area contributed by atoms with Crippen molar-refractivity contribution in [3.05, 3.63) is 83.4 Å². The molecule has 0 bridgehead atoms. The number of aromatic nitrogens is 4. The molecule has 0 radical (unpaired) electrons. The topological polar surface area (TPSA) is 113 Å². The summed E-state index contributed by atoms with van der Waals surface area (Å²) in [5.41, 5.74) is 2.46. The average molecular weight is 419 g/mol. The SMILES string of the molecule is O=C(/C=C/c1cccnn1)Nc1ccc(Cl)c(C(=O)Nc2cnc3[nH]ccc3c2)c1. The number of benzene rings is 1. The zero-order valence-corrected chi connectivity index (χ0v) is 16.2.